The van der Waals surface area contributed by atoms with Crippen LogP contribution in [0.4, 0.5) is 14.6 Å². The molecule has 0 aliphatic rings. The molecule has 1 amide bonds. The molecule has 0 radical (unpaired) electrons. The number of guanidine groups is 1. The summed E-state index contributed by atoms with van der Waals surface area (Å²) >= 11 is 5.92. The predicted octanol–water partition coefficient (Wildman–Crippen LogP) is 4.63. The molecule has 0 saturated heterocycles. The monoisotopic (exact) mass is 461 g/mol. The first-order valence-electron chi connectivity index (χ1n) is 9.86. The first-order chi connectivity index (χ1) is 15.4. The number of nitrogens with one attached hydrogen (secondary N) is 3. The van der Waals surface area contributed by atoms with Crippen LogP contribution in [0, 0.1) is 11.6 Å². The number of nitrogens with zero attached hydrogens (tertiary/aromatic N) is 2. The molecule has 3 aromatic rings. The van der Waals surface area contributed by atoms with Gasteiger partial charge in [0.2, 0.25) is 5.96 Å². The Labute approximate surface area is 188 Å². The number of rotatable bonds is 7. The fraction of sp³-hybridized carbons (Fsp3) is 0.227. The van der Waals surface area contributed by atoms with Crippen LogP contribution < -0.4 is 10.6 Å². The third-order valence-corrected chi connectivity index (χ3v) is 4.60. The molecule has 3 N–H and O–H groups in total. The van der Waals surface area contributed by atoms with Crippen LogP contribution in [0.25, 0.3) is 11.3 Å². The lowest BCUT2D eigenvalue weighted by Crippen LogP contribution is -2.37. The highest BCUT2D eigenvalue weighted by molar-refractivity contribution is 6.30. The van der Waals surface area contributed by atoms with Gasteiger partial charge in [0.15, 0.2) is 17.5 Å². The predicted molar refractivity (Wildman–Crippen MR) is 120 cm³/mol. The van der Waals surface area contributed by atoms with E-state index in [2.05, 4.69) is 25.8 Å². The summed E-state index contributed by atoms with van der Waals surface area (Å²) < 4.78 is 32.2. The van der Waals surface area contributed by atoms with E-state index in [-0.39, 0.29) is 24.2 Å². The van der Waals surface area contributed by atoms with Crippen molar-refractivity contribution < 1.29 is 18.3 Å². The van der Waals surface area contributed by atoms with Crippen LogP contribution in [-0.4, -0.2) is 41.3 Å². The molecule has 0 spiro atoms. The Morgan fingerprint density at radius 1 is 1.19 bits per heavy atom. The van der Waals surface area contributed by atoms with Gasteiger partial charge in [0.05, 0.1) is 18.3 Å². The first kappa shape index (κ1) is 23.4. The summed E-state index contributed by atoms with van der Waals surface area (Å²) in [5.41, 5.74) is 1.53. The first-order valence-corrected chi connectivity index (χ1v) is 10.2. The number of carbonyl (C=O) groups excluding carboxylic acids is 1. The molecular formula is C22H22ClF2N5O2. The zero-order valence-electron chi connectivity index (χ0n) is 17.5. The fourth-order valence-corrected chi connectivity index (χ4v) is 2.89. The van der Waals surface area contributed by atoms with Crippen LogP contribution in [0.2, 0.25) is 5.02 Å². The van der Waals surface area contributed by atoms with E-state index in [0.29, 0.717) is 17.4 Å². The van der Waals surface area contributed by atoms with Crippen LogP contribution in [-0.2, 0) is 4.74 Å². The van der Waals surface area contributed by atoms with Crippen molar-refractivity contribution in [2.24, 2.45) is 4.99 Å². The van der Waals surface area contributed by atoms with E-state index in [1.807, 2.05) is 26.0 Å². The Morgan fingerprint density at radius 2 is 1.94 bits per heavy atom. The molecule has 1 heterocycles. The Morgan fingerprint density at radius 3 is 2.62 bits per heavy atom. The van der Waals surface area contributed by atoms with E-state index < -0.39 is 17.5 Å². The summed E-state index contributed by atoms with van der Waals surface area (Å²) in [6.45, 7) is 4.48. The Kier molecular flexibility index (Phi) is 7.91. The van der Waals surface area contributed by atoms with Crippen molar-refractivity contribution in [3.05, 3.63) is 70.8 Å². The highest BCUT2D eigenvalue weighted by atomic mass is 35.5. The number of amides is 1. The second-order valence-corrected chi connectivity index (χ2v) is 7.27. The lowest BCUT2D eigenvalue weighted by Gasteiger charge is -2.13. The number of hydrogen-bond acceptors (Lipinski definition) is 4. The van der Waals surface area contributed by atoms with Crippen molar-refractivity contribution in [1.82, 2.24) is 15.5 Å². The van der Waals surface area contributed by atoms with Gasteiger partial charge in [-0.2, -0.15) is 5.10 Å². The third-order valence-electron chi connectivity index (χ3n) is 4.35. The molecular weight excluding hydrogens is 440 g/mol. The molecule has 32 heavy (non-hydrogen) atoms. The Balaban J connectivity index is 1.78. The molecule has 2 aromatic carbocycles. The molecule has 0 aliphatic heterocycles. The Bertz CT molecular complexity index is 1100. The van der Waals surface area contributed by atoms with Gasteiger partial charge in [0, 0.05) is 23.3 Å². The highest BCUT2D eigenvalue weighted by Crippen LogP contribution is 2.21. The molecule has 1 aromatic heterocycles. The minimum absolute atomic E-state index is 0.0554. The zero-order valence-corrected chi connectivity index (χ0v) is 18.2. The SMILES string of the molecule is CCOC(C)CN=C(NC(=O)c1ccc(F)c(F)c1)Nc1cc(-c2ccc(Cl)cc2)[nH]n1. The molecule has 0 saturated carbocycles. The van der Waals surface area contributed by atoms with Gasteiger partial charge in [0.25, 0.3) is 5.91 Å². The van der Waals surface area contributed by atoms with Gasteiger partial charge in [-0.3, -0.25) is 15.2 Å². The van der Waals surface area contributed by atoms with Gasteiger partial charge < -0.3 is 10.1 Å². The van der Waals surface area contributed by atoms with Crippen molar-refractivity contribution in [3.63, 3.8) is 0 Å². The summed E-state index contributed by atoms with van der Waals surface area (Å²) in [7, 11) is 0. The summed E-state index contributed by atoms with van der Waals surface area (Å²) in [4.78, 5) is 16.9. The number of anilines is 1. The van der Waals surface area contributed by atoms with Crippen LogP contribution in [0.15, 0.2) is 53.5 Å². The minimum Gasteiger partial charge on any atom is -0.377 e. The minimum atomic E-state index is -1.12. The highest BCUT2D eigenvalue weighted by Gasteiger charge is 2.14. The standard InChI is InChI=1S/C22H22ClF2N5O2/c1-3-32-13(2)12-26-22(28-21(31)15-6-9-17(24)18(25)10-15)27-20-11-19(29-30-20)14-4-7-16(23)8-5-14/h4-11,13H,3,12H2,1-2H3,(H3,26,27,28,29,30,31). The van der Waals surface area contributed by atoms with Gasteiger partial charge in [-0.05, 0) is 49.7 Å². The summed E-state index contributed by atoms with van der Waals surface area (Å²) in [6.07, 6.45) is -0.194. The number of halogens is 3. The van der Waals surface area contributed by atoms with E-state index in [9.17, 15) is 13.6 Å². The van der Waals surface area contributed by atoms with Crippen molar-refractivity contribution in [2.75, 3.05) is 18.5 Å². The molecule has 1 unspecified atom stereocenters. The normalized spacial score (nSPS) is 12.5. The number of H-pyrrole nitrogens is 1. The summed E-state index contributed by atoms with van der Waals surface area (Å²) in [5, 5.41) is 13.2. The van der Waals surface area contributed by atoms with Gasteiger partial charge in [-0.15, -0.1) is 0 Å². The van der Waals surface area contributed by atoms with Gasteiger partial charge in [-0.1, -0.05) is 23.7 Å². The van der Waals surface area contributed by atoms with Crippen LogP contribution in [0.3, 0.4) is 0 Å². The molecule has 0 bridgehead atoms. The largest absolute Gasteiger partial charge is 0.377 e. The summed E-state index contributed by atoms with van der Waals surface area (Å²) in [6, 6.07) is 11.8. The second-order valence-electron chi connectivity index (χ2n) is 6.84. The zero-order chi connectivity index (χ0) is 23.1. The number of benzene rings is 2. The van der Waals surface area contributed by atoms with Crippen molar-refractivity contribution in [1.29, 1.82) is 0 Å². The third kappa shape index (κ3) is 6.35. The van der Waals surface area contributed by atoms with Crippen molar-refractivity contribution in [3.8, 4) is 11.3 Å². The van der Waals surface area contributed by atoms with Gasteiger partial charge >= 0.3 is 0 Å². The van der Waals surface area contributed by atoms with Crippen molar-refractivity contribution >= 4 is 29.3 Å². The quantitative estimate of drug-likeness (QED) is 0.353. The fourth-order valence-electron chi connectivity index (χ4n) is 2.77. The number of aromatic nitrogens is 2. The number of aliphatic imine (C=N–C) groups is 1. The molecule has 1 atom stereocenters. The van der Waals surface area contributed by atoms with E-state index in [1.165, 1.54) is 6.07 Å². The maximum Gasteiger partial charge on any atom is 0.258 e. The van der Waals surface area contributed by atoms with Crippen LogP contribution >= 0.6 is 11.6 Å². The second kappa shape index (κ2) is 10.8. The molecule has 3 rings (SSSR count). The average Bonchev–Trinajstić information content (AvgIpc) is 3.23. The lowest BCUT2D eigenvalue weighted by molar-refractivity contribution is 0.0827. The maximum absolute atomic E-state index is 13.5. The van der Waals surface area contributed by atoms with Crippen LogP contribution in [0.1, 0.15) is 24.2 Å². The van der Waals surface area contributed by atoms with E-state index in [0.717, 1.165) is 23.4 Å². The lowest BCUT2D eigenvalue weighted by atomic mass is 10.1. The molecule has 0 fully saturated rings. The number of ether oxygens (including phenoxy) is 1. The van der Waals surface area contributed by atoms with E-state index in [4.69, 9.17) is 16.3 Å². The van der Waals surface area contributed by atoms with E-state index in [1.54, 1.807) is 18.2 Å². The molecule has 0 aliphatic carbocycles. The number of carbonyl (C=O) groups is 1. The van der Waals surface area contributed by atoms with Crippen molar-refractivity contribution in [2.45, 2.75) is 20.0 Å². The average molecular weight is 462 g/mol. The van der Waals surface area contributed by atoms with E-state index >= 15 is 0 Å². The summed E-state index contributed by atoms with van der Waals surface area (Å²) in [5.74, 6) is -2.34. The van der Waals surface area contributed by atoms with Gasteiger partial charge in [0.1, 0.15) is 0 Å². The number of aromatic amines is 1. The molecule has 10 heteroatoms. The van der Waals surface area contributed by atoms with Gasteiger partial charge in [-0.25, -0.2) is 13.8 Å². The Hall–Kier alpha value is -3.30. The molecule has 7 nitrogen and oxygen atoms in total. The smallest absolute Gasteiger partial charge is 0.258 e. The molecule has 168 valence electrons. The van der Waals surface area contributed by atoms with Crippen LogP contribution in [0.5, 0.6) is 0 Å². The topological polar surface area (TPSA) is 91.4 Å². The maximum atomic E-state index is 13.5. The number of hydrogen-bond donors (Lipinski definition) is 3.